The molecule has 0 spiro atoms. The van der Waals surface area contributed by atoms with Gasteiger partial charge in [0.2, 0.25) is 21.8 Å². The van der Waals surface area contributed by atoms with Crippen molar-refractivity contribution in [1.29, 1.82) is 0 Å². The molecule has 1 amide bonds. The van der Waals surface area contributed by atoms with Gasteiger partial charge in [0.25, 0.3) is 0 Å². The number of aryl methyl sites for hydroxylation is 1. The van der Waals surface area contributed by atoms with Crippen molar-refractivity contribution >= 4 is 15.9 Å². The van der Waals surface area contributed by atoms with Crippen LogP contribution in [0, 0.1) is 6.92 Å². The van der Waals surface area contributed by atoms with Crippen LogP contribution in [0.25, 0.3) is 0 Å². The van der Waals surface area contributed by atoms with Gasteiger partial charge in [0, 0.05) is 25.4 Å². The Kier molecular flexibility index (Phi) is 5.76. The maximum atomic E-state index is 12.9. The van der Waals surface area contributed by atoms with Crippen LogP contribution in [0.5, 0.6) is 5.88 Å². The SMILES string of the molecule is COc1cc(CNC(=O)[C@@H]2CCCN2S(=O)(=O)c2ccc(C)cc2)ccn1. The van der Waals surface area contributed by atoms with Crippen LogP contribution < -0.4 is 10.1 Å². The maximum absolute atomic E-state index is 12.9. The molecule has 3 rings (SSSR count). The number of nitrogens with one attached hydrogen (secondary N) is 1. The molecule has 0 radical (unpaired) electrons. The monoisotopic (exact) mass is 389 g/mol. The molecule has 1 aliphatic heterocycles. The molecule has 1 aliphatic rings. The van der Waals surface area contributed by atoms with Gasteiger partial charge in [-0.3, -0.25) is 4.79 Å². The van der Waals surface area contributed by atoms with Gasteiger partial charge < -0.3 is 10.1 Å². The van der Waals surface area contributed by atoms with Crippen molar-refractivity contribution in [1.82, 2.24) is 14.6 Å². The summed E-state index contributed by atoms with van der Waals surface area (Å²) in [7, 11) is -2.18. The van der Waals surface area contributed by atoms with Crippen LogP contribution >= 0.6 is 0 Å². The second kappa shape index (κ2) is 8.06. The highest BCUT2D eigenvalue weighted by Crippen LogP contribution is 2.26. The fourth-order valence-electron chi connectivity index (χ4n) is 3.11. The molecule has 0 saturated carbocycles. The lowest BCUT2D eigenvalue weighted by atomic mass is 10.2. The highest BCUT2D eigenvalue weighted by molar-refractivity contribution is 7.89. The van der Waals surface area contributed by atoms with Crippen LogP contribution in [0.15, 0.2) is 47.5 Å². The van der Waals surface area contributed by atoms with Crippen molar-refractivity contribution in [3.63, 3.8) is 0 Å². The first-order chi connectivity index (χ1) is 12.9. The number of nitrogens with zero attached hydrogens (tertiary/aromatic N) is 2. The van der Waals surface area contributed by atoms with Crippen LogP contribution in [0.1, 0.15) is 24.0 Å². The minimum absolute atomic E-state index is 0.215. The first-order valence-corrected chi connectivity index (χ1v) is 10.2. The van der Waals surface area contributed by atoms with Crippen molar-refractivity contribution in [2.45, 2.75) is 37.2 Å². The number of sulfonamides is 1. The number of amides is 1. The molecule has 1 N–H and O–H groups in total. The van der Waals surface area contributed by atoms with Crippen molar-refractivity contribution in [3.05, 3.63) is 53.7 Å². The minimum atomic E-state index is -3.70. The molecule has 0 aliphatic carbocycles. The van der Waals surface area contributed by atoms with Gasteiger partial charge in [0.15, 0.2) is 0 Å². The second-order valence-electron chi connectivity index (χ2n) is 6.51. The smallest absolute Gasteiger partial charge is 0.243 e. The molecule has 1 fully saturated rings. The number of carbonyl (C=O) groups is 1. The summed E-state index contributed by atoms with van der Waals surface area (Å²) in [6, 6.07) is 9.50. The van der Waals surface area contributed by atoms with E-state index >= 15 is 0 Å². The molecule has 1 aromatic heterocycles. The average molecular weight is 389 g/mol. The lowest BCUT2D eigenvalue weighted by Gasteiger charge is -2.23. The molecule has 0 bridgehead atoms. The quantitative estimate of drug-likeness (QED) is 0.815. The summed E-state index contributed by atoms with van der Waals surface area (Å²) in [6.45, 7) is 2.53. The van der Waals surface area contributed by atoms with E-state index in [0.29, 0.717) is 25.3 Å². The van der Waals surface area contributed by atoms with E-state index < -0.39 is 16.1 Å². The lowest BCUT2D eigenvalue weighted by molar-refractivity contribution is -0.124. The molecule has 27 heavy (non-hydrogen) atoms. The third kappa shape index (κ3) is 4.28. The maximum Gasteiger partial charge on any atom is 0.243 e. The first kappa shape index (κ1) is 19.3. The fraction of sp³-hybridized carbons (Fsp3) is 0.368. The lowest BCUT2D eigenvalue weighted by Crippen LogP contribution is -2.45. The van der Waals surface area contributed by atoms with Gasteiger partial charge >= 0.3 is 0 Å². The number of aromatic nitrogens is 1. The zero-order valence-electron chi connectivity index (χ0n) is 15.4. The van der Waals surface area contributed by atoms with E-state index in [-0.39, 0.29) is 17.3 Å². The molecule has 8 heteroatoms. The summed E-state index contributed by atoms with van der Waals surface area (Å²) in [5, 5.41) is 2.83. The normalized spacial score (nSPS) is 17.6. The van der Waals surface area contributed by atoms with Crippen molar-refractivity contribution in [2.24, 2.45) is 0 Å². The second-order valence-corrected chi connectivity index (χ2v) is 8.40. The third-order valence-electron chi connectivity index (χ3n) is 4.61. The zero-order valence-corrected chi connectivity index (χ0v) is 16.2. The summed E-state index contributed by atoms with van der Waals surface area (Å²) in [4.78, 5) is 16.9. The summed E-state index contributed by atoms with van der Waals surface area (Å²) in [6.07, 6.45) is 2.77. The largest absolute Gasteiger partial charge is 0.481 e. The van der Waals surface area contributed by atoms with Gasteiger partial charge in [-0.15, -0.1) is 0 Å². The van der Waals surface area contributed by atoms with Gasteiger partial charge in [-0.05, 0) is 43.5 Å². The van der Waals surface area contributed by atoms with Gasteiger partial charge in [-0.2, -0.15) is 4.31 Å². The van der Waals surface area contributed by atoms with Crippen LogP contribution in [0.3, 0.4) is 0 Å². The van der Waals surface area contributed by atoms with Crippen LogP contribution in [0.2, 0.25) is 0 Å². The molecular weight excluding hydrogens is 366 g/mol. The number of pyridine rings is 1. The zero-order chi connectivity index (χ0) is 19.4. The summed E-state index contributed by atoms with van der Waals surface area (Å²) in [5.74, 6) is 0.171. The molecule has 1 saturated heterocycles. The topological polar surface area (TPSA) is 88.6 Å². The van der Waals surface area contributed by atoms with E-state index in [9.17, 15) is 13.2 Å². The van der Waals surface area contributed by atoms with E-state index in [1.807, 2.05) is 6.92 Å². The van der Waals surface area contributed by atoms with E-state index in [4.69, 9.17) is 4.74 Å². The summed E-state index contributed by atoms with van der Waals surface area (Å²) in [5.41, 5.74) is 1.82. The van der Waals surface area contributed by atoms with Gasteiger partial charge in [0.05, 0.1) is 12.0 Å². The van der Waals surface area contributed by atoms with E-state index in [1.54, 1.807) is 42.6 Å². The number of carbonyl (C=O) groups excluding carboxylic acids is 1. The molecule has 0 unspecified atom stereocenters. The summed E-state index contributed by atoms with van der Waals surface area (Å²) >= 11 is 0. The number of ether oxygens (including phenoxy) is 1. The number of hydrogen-bond donors (Lipinski definition) is 1. The third-order valence-corrected chi connectivity index (χ3v) is 6.53. The Balaban J connectivity index is 1.71. The van der Waals surface area contributed by atoms with Crippen molar-refractivity contribution in [3.8, 4) is 5.88 Å². The number of benzene rings is 1. The Morgan fingerprint density at radius 3 is 2.74 bits per heavy atom. The fourth-order valence-corrected chi connectivity index (χ4v) is 4.77. The summed E-state index contributed by atoms with van der Waals surface area (Å²) < 4.78 is 32.3. The minimum Gasteiger partial charge on any atom is -0.481 e. The van der Waals surface area contributed by atoms with Gasteiger partial charge in [0.1, 0.15) is 6.04 Å². The molecule has 1 aromatic carbocycles. The Bertz CT molecular complexity index is 913. The Labute approximate surface area is 159 Å². The van der Waals surface area contributed by atoms with Crippen molar-refractivity contribution in [2.75, 3.05) is 13.7 Å². The molecule has 2 aromatic rings. The number of methoxy groups -OCH3 is 1. The van der Waals surface area contributed by atoms with E-state index in [1.165, 1.54) is 11.4 Å². The van der Waals surface area contributed by atoms with Crippen LogP contribution in [0.4, 0.5) is 0 Å². The van der Waals surface area contributed by atoms with Gasteiger partial charge in [-0.25, -0.2) is 13.4 Å². The predicted molar refractivity (Wildman–Crippen MR) is 101 cm³/mol. The van der Waals surface area contributed by atoms with E-state index in [2.05, 4.69) is 10.3 Å². The molecule has 144 valence electrons. The number of hydrogen-bond acceptors (Lipinski definition) is 5. The molecule has 1 atom stereocenters. The first-order valence-electron chi connectivity index (χ1n) is 8.77. The molecular formula is C19H23N3O4S. The average Bonchev–Trinajstić information content (AvgIpc) is 3.17. The van der Waals surface area contributed by atoms with E-state index in [0.717, 1.165) is 11.1 Å². The Morgan fingerprint density at radius 1 is 1.30 bits per heavy atom. The van der Waals surface area contributed by atoms with Gasteiger partial charge in [-0.1, -0.05) is 17.7 Å². The molecule has 2 heterocycles. The predicted octanol–water partition coefficient (Wildman–Crippen LogP) is 1.87. The van der Waals surface area contributed by atoms with Crippen LogP contribution in [-0.2, 0) is 21.4 Å². The van der Waals surface area contributed by atoms with Crippen molar-refractivity contribution < 1.29 is 17.9 Å². The molecule has 7 nitrogen and oxygen atoms in total. The highest BCUT2D eigenvalue weighted by atomic mass is 32.2. The standard InChI is InChI=1S/C19H23N3O4S/c1-14-5-7-16(8-6-14)27(24,25)22-11-3-4-17(22)19(23)21-13-15-9-10-20-18(12-15)26-2/h5-10,12,17H,3-4,11,13H2,1-2H3,(H,21,23)/t17-/m0/s1. The Hall–Kier alpha value is -2.45. The van der Waals surface area contributed by atoms with Crippen LogP contribution in [-0.4, -0.2) is 43.3 Å². The number of rotatable bonds is 6. The Morgan fingerprint density at radius 2 is 2.04 bits per heavy atom. The highest BCUT2D eigenvalue weighted by Gasteiger charge is 2.39.